The number of rotatable bonds is 1. The van der Waals surface area contributed by atoms with Gasteiger partial charge in [-0.3, -0.25) is 4.79 Å². The first kappa shape index (κ1) is 12.3. The van der Waals surface area contributed by atoms with Crippen LogP contribution in [0.3, 0.4) is 0 Å². The van der Waals surface area contributed by atoms with Gasteiger partial charge in [0.15, 0.2) is 0 Å². The third kappa shape index (κ3) is 2.76. The zero-order valence-corrected chi connectivity index (χ0v) is 10.1. The van der Waals surface area contributed by atoms with Crippen LogP contribution < -0.4 is 5.73 Å². The van der Waals surface area contributed by atoms with Crippen molar-refractivity contribution < 1.29 is 9.18 Å². The van der Waals surface area contributed by atoms with Crippen LogP contribution in [0.25, 0.3) is 0 Å². The fourth-order valence-electron chi connectivity index (χ4n) is 2.01. The Hall–Kier alpha value is -1.13. The van der Waals surface area contributed by atoms with E-state index in [1.165, 1.54) is 18.2 Å². The van der Waals surface area contributed by atoms with Gasteiger partial charge < -0.3 is 10.6 Å². The highest BCUT2D eigenvalue weighted by molar-refractivity contribution is 6.30. The summed E-state index contributed by atoms with van der Waals surface area (Å²) in [6.07, 6.45) is 1.82. The molecule has 1 amide bonds. The Morgan fingerprint density at radius 3 is 2.94 bits per heavy atom. The summed E-state index contributed by atoms with van der Waals surface area (Å²) < 4.78 is 13.3. The van der Waals surface area contributed by atoms with Gasteiger partial charge in [-0.05, 0) is 31.0 Å². The van der Waals surface area contributed by atoms with Gasteiger partial charge in [-0.2, -0.15) is 0 Å². The van der Waals surface area contributed by atoms with Gasteiger partial charge in [-0.15, -0.1) is 0 Å². The summed E-state index contributed by atoms with van der Waals surface area (Å²) in [5, 5.41) is 0.0249. The Morgan fingerprint density at radius 2 is 2.29 bits per heavy atom. The standard InChI is InChI=1S/C12H14ClFN2O/c13-10-4-3-8(6-11(10)14)12(17)16-5-1-2-9(15)7-16/h3-4,6,9H,1-2,5,7,15H2/t9-/m1/s1. The minimum atomic E-state index is -0.571. The Bertz CT molecular complexity index is 439. The molecule has 0 bridgehead atoms. The molecule has 1 aliphatic rings. The molecule has 1 aliphatic heterocycles. The molecule has 1 fully saturated rings. The lowest BCUT2D eigenvalue weighted by atomic mass is 10.1. The van der Waals surface area contributed by atoms with E-state index in [0.717, 1.165) is 12.8 Å². The van der Waals surface area contributed by atoms with E-state index in [2.05, 4.69) is 0 Å². The smallest absolute Gasteiger partial charge is 0.254 e. The highest BCUT2D eigenvalue weighted by Crippen LogP contribution is 2.18. The summed E-state index contributed by atoms with van der Waals surface area (Å²) in [7, 11) is 0. The van der Waals surface area contributed by atoms with E-state index in [1.807, 2.05) is 0 Å². The third-order valence-corrected chi connectivity index (χ3v) is 3.22. The fraction of sp³-hybridized carbons (Fsp3) is 0.417. The van der Waals surface area contributed by atoms with Crippen molar-refractivity contribution in [2.75, 3.05) is 13.1 Å². The first-order valence-electron chi connectivity index (χ1n) is 5.58. The van der Waals surface area contributed by atoms with Crippen LogP contribution in [-0.4, -0.2) is 29.9 Å². The van der Waals surface area contributed by atoms with Gasteiger partial charge in [0, 0.05) is 24.7 Å². The molecule has 1 heterocycles. The molecule has 2 N–H and O–H groups in total. The maximum absolute atomic E-state index is 13.3. The first-order chi connectivity index (χ1) is 8.08. The number of halogens is 2. The molecule has 0 radical (unpaired) electrons. The van der Waals surface area contributed by atoms with Crippen LogP contribution in [0, 0.1) is 5.82 Å². The summed E-state index contributed by atoms with van der Waals surface area (Å²) in [5.74, 6) is -0.755. The number of likely N-dealkylation sites (tertiary alicyclic amines) is 1. The highest BCUT2D eigenvalue weighted by atomic mass is 35.5. The average molecular weight is 257 g/mol. The SMILES string of the molecule is N[C@@H]1CCCN(C(=O)c2ccc(Cl)c(F)c2)C1. The average Bonchev–Trinajstić information content (AvgIpc) is 2.32. The van der Waals surface area contributed by atoms with Gasteiger partial charge in [0.05, 0.1) is 5.02 Å². The van der Waals surface area contributed by atoms with Crippen molar-refractivity contribution in [2.24, 2.45) is 5.73 Å². The molecule has 0 spiro atoms. The largest absolute Gasteiger partial charge is 0.337 e. The number of carbonyl (C=O) groups is 1. The van der Waals surface area contributed by atoms with Gasteiger partial charge in [-0.1, -0.05) is 11.6 Å². The summed E-state index contributed by atoms with van der Waals surface area (Å²) in [5.41, 5.74) is 6.13. The van der Waals surface area contributed by atoms with Crippen LogP contribution >= 0.6 is 11.6 Å². The predicted molar refractivity (Wildman–Crippen MR) is 64.5 cm³/mol. The van der Waals surface area contributed by atoms with E-state index in [-0.39, 0.29) is 17.0 Å². The summed E-state index contributed by atoms with van der Waals surface area (Å²) >= 11 is 5.57. The van der Waals surface area contributed by atoms with Crippen molar-refractivity contribution in [3.05, 3.63) is 34.6 Å². The third-order valence-electron chi connectivity index (χ3n) is 2.91. The normalized spacial score (nSPS) is 20.4. The number of carbonyl (C=O) groups excluding carboxylic acids is 1. The van der Waals surface area contributed by atoms with E-state index in [1.54, 1.807) is 4.90 Å². The monoisotopic (exact) mass is 256 g/mol. The number of amides is 1. The number of nitrogens with two attached hydrogens (primary N) is 1. The quantitative estimate of drug-likeness (QED) is 0.836. The Labute approximate surface area is 104 Å². The topological polar surface area (TPSA) is 46.3 Å². The molecule has 0 saturated carbocycles. The minimum absolute atomic E-state index is 0.0184. The minimum Gasteiger partial charge on any atom is -0.337 e. The second-order valence-corrected chi connectivity index (χ2v) is 4.69. The molecule has 1 atom stereocenters. The van der Waals surface area contributed by atoms with Gasteiger partial charge >= 0.3 is 0 Å². The van der Waals surface area contributed by atoms with E-state index >= 15 is 0 Å². The van der Waals surface area contributed by atoms with Crippen LogP contribution in [0.15, 0.2) is 18.2 Å². The predicted octanol–water partition coefficient (Wildman–Crippen LogP) is 2.04. The van der Waals surface area contributed by atoms with E-state index in [0.29, 0.717) is 18.7 Å². The molecule has 1 saturated heterocycles. The van der Waals surface area contributed by atoms with E-state index < -0.39 is 5.82 Å². The van der Waals surface area contributed by atoms with Gasteiger partial charge in [0.25, 0.3) is 5.91 Å². The highest BCUT2D eigenvalue weighted by Gasteiger charge is 2.22. The van der Waals surface area contributed by atoms with Crippen LogP contribution in [0.4, 0.5) is 4.39 Å². The molecule has 92 valence electrons. The fourth-order valence-corrected chi connectivity index (χ4v) is 2.12. The number of nitrogens with zero attached hydrogens (tertiary/aromatic N) is 1. The van der Waals surface area contributed by atoms with Gasteiger partial charge in [0.2, 0.25) is 0 Å². The van der Waals surface area contributed by atoms with Crippen LogP contribution in [0.5, 0.6) is 0 Å². The van der Waals surface area contributed by atoms with Crippen molar-refractivity contribution in [2.45, 2.75) is 18.9 Å². The summed E-state index contributed by atoms with van der Waals surface area (Å²) in [4.78, 5) is 13.7. The lowest BCUT2D eigenvalue weighted by Gasteiger charge is -2.30. The van der Waals surface area contributed by atoms with Crippen molar-refractivity contribution in [1.29, 1.82) is 0 Å². The van der Waals surface area contributed by atoms with Crippen molar-refractivity contribution in [1.82, 2.24) is 4.90 Å². The first-order valence-corrected chi connectivity index (χ1v) is 5.95. The second-order valence-electron chi connectivity index (χ2n) is 4.28. The van der Waals surface area contributed by atoms with Crippen LogP contribution in [0.1, 0.15) is 23.2 Å². The maximum Gasteiger partial charge on any atom is 0.254 e. The van der Waals surface area contributed by atoms with Gasteiger partial charge in [0.1, 0.15) is 5.82 Å². The lowest BCUT2D eigenvalue weighted by Crippen LogP contribution is -2.45. The number of hydrogen-bond donors (Lipinski definition) is 1. The molecule has 3 nitrogen and oxygen atoms in total. The zero-order chi connectivity index (χ0) is 12.4. The molecule has 1 aromatic carbocycles. The summed E-state index contributed by atoms with van der Waals surface area (Å²) in [6, 6.07) is 4.12. The second kappa shape index (κ2) is 5.02. The molecule has 0 unspecified atom stereocenters. The molecule has 0 aromatic heterocycles. The molecule has 5 heteroatoms. The molecule has 0 aliphatic carbocycles. The molecular weight excluding hydrogens is 243 g/mol. The molecule has 17 heavy (non-hydrogen) atoms. The van der Waals surface area contributed by atoms with Crippen LogP contribution in [-0.2, 0) is 0 Å². The number of piperidine rings is 1. The molecule has 1 aromatic rings. The van der Waals surface area contributed by atoms with E-state index in [4.69, 9.17) is 17.3 Å². The molecular formula is C12H14ClFN2O. The van der Waals surface area contributed by atoms with Crippen molar-refractivity contribution in [3.8, 4) is 0 Å². The van der Waals surface area contributed by atoms with E-state index in [9.17, 15) is 9.18 Å². The van der Waals surface area contributed by atoms with Crippen molar-refractivity contribution in [3.63, 3.8) is 0 Å². The Balaban J connectivity index is 2.15. The maximum atomic E-state index is 13.3. The van der Waals surface area contributed by atoms with Crippen molar-refractivity contribution >= 4 is 17.5 Å². The van der Waals surface area contributed by atoms with Gasteiger partial charge in [-0.25, -0.2) is 4.39 Å². The number of hydrogen-bond acceptors (Lipinski definition) is 2. The Morgan fingerprint density at radius 1 is 1.53 bits per heavy atom. The van der Waals surface area contributed by atoms with Crippen LogP contribution in [0.2, 0.25) is 5.02 Å². The zero-order valence-electron chi connectivity index (χ0n) is 9.33. The Kier molecular flexibility index (Phi) is 3.64. The number of benzene rings is 1. The lowest BCUT2D eigenvalue weighted by molar-refractivity contribution is 0.0708. The molecule has 2 rings (SSSR count). The summed E-state index contributed by atoms with van der Waals surface area (Å²) in [6.45, 7) is 1.21.